The van der Waals surface area contributed by atoms with Crippen LogP contribution in [0.5, 0.6) is 0 Å². The van der Waals surface area contributed by atoms with E-state index < -0.39 is 5.78 Å². The molecular formula is C11H9NO2. The Balaban J connectivity index is 2.47. The Morgan fingerprint density at radius 1 is 1.07 bits per heavy atom. The molecule has 0 amide bonds. The van der Waals surface area contributed by atoms with E-state index in [4.69, 9.17) is 0 Å². The molecule has 0 saturated heterocycles. The molecule has 0 bridgehead atoms. The van der Waals surface area contributed by atoms with E-state index in [9.17, 15) is 9.59 Å². The average Bonchev–Trinajstić information content (AvgIpc) is 2.13. The zero-order valence-electron chi connectivity index (χ0n) is 7.56. The van der Waals surface area contributed by atoms with Crippen molar-refractivity contribution in [3.05, 3.63) is 35.6 Å². The van der Waals surface area contributed by atoms with Gasteiger partial charge in [-0.3, -0.25) is 14.6 Å². The lowest BCUT2D eigenvalue weighted by molar-refractivity contribution is -0.134. The van der Waals surface area contributed by atoms with Gasteiger partial charge in [0, 0.05) is 12.6 Å². The van der Waals surface area contributed by atoms with Gasteiger partial charge in [-0.25, -0.2) is 0 Å². The fourth-order valence-corrected chi connectivity index (χ4v) is 1.46. The minimum atomic E-state index is -0.456. The van der Waals surface area contributed by atoms with Gasteiger partial charge in [0.2, 0.25) is 11.6 Å². The summed E-state index contributed by atoms with van der Waals surface area (Å²) in [4.78, 5) is 26.6. The van der Waals surface area contributed by atoms with Crippen molar-refractivity contribution in [3.8, 4) is 0 Å². The van der Waals surface area contributed by atoms with E-state index >= 15 is 0 Å². The molecular weight excluding hydrogens is 178 g/mol. The molecule has 0 atom stereocenters. The molecule has 1 heterocycles. The zero-order valence-corrected chi connectivity index (χ0v) is 7.56. The third kappa shape index (κ3) is 1.48. The molecule has 1 aliphatic heterocycles. The number of carbonyl (C=O) groups excluding carboxylic acids is 2. The minimum absolute atomic E-state index is 0.307. The third-order valence-corrected chi connectivity index (χ3v) is 2.20. The molecule has 2 aliphatic rings. The van der Waals surface area contributed by atoms with Gasteiger partial charge in [-0.05, 0) is 18.1 Å². The number of carbonyl (C=O) groups is 2. The monoisotopic (exact) mass is 187 g/mol. The molecule has 0 aromatic carbocycles. The molecule has 1 aliphatic carbocycles. The van der Waals surface area contributed by atoms with Crippen LogP contribution in [0.2, 0.25) is 0 Å². The van der Waals surface area contributed by atoms with Crippen LogP contribution in [0.15, 0.2) is 40.6 Å². The summed E-state index contributed by atoms with van der Waals surface area (Å²) in [6, 6.07) is 0. The predicted octanol–water partition coefficient (Wildman–Crippen LogP) is 1.37. The molecule has 0 saturated carbocycles. The van der Waals surface area contributed by atoms with E-state index in [2.05, 4.69) is 4.99 Å². The van der Waals surface area contributed by atoms with Crippen LogP contribution in [-0.4, -0.2) is 17.8 Å². The Kier molecular flexibility index (Phi) is 2.23. The molecule has 0 aromatic heterocycles. The van der Waals surface area contributed by atoms with Gasteiger partial charge in [0.15, 0.2) is 0 Å². The molecule has 3 nitrogen and oxygen atoms in total. The van der Waals surface area contributed by atoms with Crippen LogP contribution < -0.4 is 0 Å². The summed E-state index contributed by atoms with van der Waals surface area (Å²) < 4.78 is 0. The molecule has 70 valence electrons. The van der Waals surface area contributed by atoms with E-state index in [1.807, 2.05) is 18.2 Å². The van der Waals surface area contributed by atoms with Gasteiger partial charge in [0.25, 0.3) is 0 Å². The van der Waals surface area contributed by atoms with Crippen molar-refractivity contribution in [2.75, 3.05) is 0 Å². The first-order valence-corrected chi connectivity index (χ1v) is 4.47. The van der Waals surface area contributed by atoms with Gasteiger partial charge in [0.05, 0.1) is 0 Å². The standard InChI is InChI=1S/C11H9NO2/c13-9-6-5-8-4-2-1-3-7-12-10(8)11(9)14/h1-4,7H,5-6H2. The van der Waals surface area contributed by atoms with Crippen LogP contribution in [0.25, 0.3) is 0 Å². The second-order valence-corrected chi connectivity index (χ2v) is 3.15. The minimum Gasteiger partial charge on any atom is -0.290 e. The van der Waals surface area contributed by atoms with Gasteiger partial charge in [-0.2, -0.15) is 0 Å². The normalized spacial score (nSPS) is 20.9. The summed E-state index contributed by atoms with van der Waals surface area (Å²) in [6.07, 6.45) is 9.72. The predicted molar refractivity (Wildman–Crippen MR) is 53.0 cm³/mol. The van der Waals surface area contributed by atoms with E-state index in [0.29, 0.717) is 18.5 Å². The van der Waals surface area contributed by atoms with Crippen LogP contribution in [0.1, 0.15) is 12.8 Å². The number of nitrogens with zero attached hydrogens (tertiary/aromatic N) is 1. The number of Topliss-reactive ketones (excluding diaryl/α,β-unsaturated/α-hetero) is 2. The first-order valence-electron chi connectivity index (χ1n) is 4.47. The second kappa shape index (κ2) is 3.54. The first-order chi connectivity index (χ1) is 6.79. The van der Waals surface area contributed by atoms with Crippen LogP contribution in [0, 0.1) is 0 Å². The molecule has 3 heteroatoms. The van der Waals surface area contributed by atoms with Crippen LogP contribution in [-0.2, 0) is 9.59 Å². The topological polar surface area (TPSA) is 46.5 Å². The first kappa shape index (κ1) is 8.81. The van der Waals surface area contributed by atoms with Crippen molar-refractivity contribution in [2.24, 2.45) is 4.99 Å². The quantitative estimate of drug-likeness (QED) is 0.538. The Morgan fingerprint density at radius 3 is 2.79 bits per heavy atom. The van der Waals surface area contributed by atoms with Crippen LogP contribution in [0.3, 0.4) is 0 Å². The number of hydrogen-bond acceptors (Lipinski definition) is 3. The zero-order chi connectivity index (χ0) is 9.97. The highest BCUT2D eigenvalue weighted by Crippen LogP contribution is 2.22. The molecule has 2 rings (SSSR count). The van der Waals surface area contributed by atoms with Crippen LogP contribution >= 0.6 is 0 Å². The summed E-state index contributed by atoms with van der Waals surface area (Å²) in [6.45, 7) is 0. The number of aliphatic imine (C=N–C) groups is 1. The largest absolute Gasteiger partial charge is 0.290 e. The Hall–Kier alpha value is -1.77. The summed E-state index contributed by atoms with van der Waals surface area (Å²) in [5.41, 5.74) is 1.16. The molecule has 14 heavy (non-hydrogen) atoms. The summed E-state index contributed by atoms with van der Waals surface area (Å²) in [5.74, 6) is -0.790. The third-order valence-electron chi connectivity index (χ3n) is 2.20. The van der Waals surface area contributed by atoms with Crippen molar-refractivity contribution >= 4 is 17.8 Å². The van der Waals surface area contributed by atoms with Crippen molar-refractivity contribution in [1.82, 2.24) is 0 Å². The fraction of sp³-hybridized carbons (Fsp3) is 0.182. The Bertz CT molecular complexity index is 411. The van der Waals surface area contributed by atoms with E-state index in [-0.39, 0.29) is 5.78 Å². The summed E-state index contributed by atoms with van der Waals surface area (Å²) >= 11 is 0. The average molecular weight is 187 g/mol. The number of rotatable bonds is 0. The molecule has 0 fully saturated rings. The summed E-state index contributed by atoms with van der Waals surface area (Å²) in [5, 5.41) is 0. The molecule has 0 spiro atoms. The Labute approximate surface area is 81.5 Å². The lowest BCUT2D eigenvalue weighted by atomic mass is 9.93. The van der Waals surface area contributed by atoms with Gasteiger partial charge in [0.1, 0.15) is 5.70 Å². The molecule has 0 radical (unpaired) electrons. The van der Waals surface area contributed by atoms with Crippen LogP contribution in [0.4, 0.5) is 0 Å². The number of allylic oxidation sites excluding steroid dienone is 6. The van der Waals surface area contributed by atoms with Crippen molar-refractivity contribution in [2.45, 2.75) is 12.8 Å². The van der Waals surface area contributed by atoms with Crippen molar-refractivity contribution in [1.29, 1.82) is 0 Å². The van der Waals surface area contributed by atoms with E-state index in [0.717, 1.165) is 5.57 Å². The maximum atomic E-state index is 11.4. The number of hydrogen-bond donors (Lipinski definition) is 0. The van der Waals surface area contributed by atoms with E-state index in [1.54, 1.807) is 6.08 Å². The lowest BCUT2D eigenvalue weighted by Crippen LogP contribution is -2.21. The smallest absolute Gasteiger partial charge is 0.247 e. The number of ketones is 2. The lowest BCUT2D eigenvalue weighted by Gasteiger charge is -2.12. The molecule has 0 unspecified atom stereocenters. The van der Waals surface area contributed by atoms with E-state index in [1.165, 1.54) is 6.21 Å². The maximum Gasteiger partial charge on any atom is 0.247 e. The summed E-state index contributed by atoms with van der Waals surface area (Å²) in [7, 11) is 0. The highest BCUT2D eigenvalue weighted by molar-refractivity contribution is 6.44. The highest BCUT2D eigenvalue weighted by atomic mass is 16.2. The van der Waals surface area contributed by atoms with Crippen molar-refractivity contribution in [3.63, 3.8) is 0 Å². The Morgan fingerprint density at radius 2 is 1.93 bits per heavy atom. The second-order valence-electron chi connectivity index (χ2n) is 3.15. The maximum absolute atomic E-state index is 11.4. The van der Waals surface area contributed by atoms with Crippen molar-refractivity contribution < 1.29 is 9.59 Å². The van der Waals surface area contributed by atoms with Gasteiger partial charge in [-0.1, -0.05) is 18.2 Å². The SMILES string of the molecule is O=C1CCC2=C(N=CC=CC=C2)C1=O. The van der Waals surface area contributed by atoms with Gasteiger partial charge in [-0.15, -0.1) is 0 Å². The highest BCUT2D eigenvalue weighted by Gasteiger charge is 2.26. The van der Waals surface area contributed by atoms with Gasteiger partial charge >= 0.3 is 0 Å². The molecule has 0 N–H and O–H groups in total. The fourth-order valence-electron chi connectivity index (χ4n) is 1.46. The molecule has 0 aromatic rings. The van der Waals surface area contributed by atoms with Gasteiger partial charge < -0.3 is 0 Å².